The van der Waals surface area contributed by atoms with Crippen LogP contribution in [-0.4, -0.2) is 57.3 Å². The molecule has 2 N–H and O–H groups in total. The molecule has 0 fully saturated rings. The minimum atomic E-state index is -0.522. The highest BCUT2D eigenvalue weighted by molar-refractivity contribution is 6.65. The molecule has 0 saturated heterocycles. The van der Waals surface area contributed by atoms with E-state index in [1.807, 2.05) is 54.6 Å². The molecule has 9 aromatic carbocycles. The minimum Gasteiger partial charge on any atom is -0.508 e. The Morgan fingerprint density at radius 2 is 0.887 bits per heavy atom. The lowest BCUT2D eigenvalue weighted by Gasteiger charge is -2.33. The molecule has 62 heavy (non-hydrogen) atoms. The molecular formula is C53H28B6O3. The molecule has 12 radical (unpaired) electrons. The van der Waals surface area contributed by atoms with Crippen molar-refractivity contribution in [1.29, 1.82) is 0 Å². The molecule has 9 heteroatoms. The second kappa shape index (κ2) is 14.0. The van der Waals surface area contributed by atoms with Gasteiger partial charge < -0.3 is 14.6 Å². The van der Waals surface area contributed by atoms with Gasteiger partial charge in [0.25, 0.3) is 0 Å². The van der Waals surface area contributed by atoms with E-state index >= 15 is 0 Å². The number of phenols is 2. The first-order chi connectivity index (χ1) is 30.1. The maximum Gasteiger partial charge on any atom is 0.135 e. The Kier molecular flexibility index (Phi) is 8.60. The average molecular weight is 778 g/mol. The smallest absolute Gasteiger partial charge is 0.135 e. The SMILES string of the molecule is [B]c1c([B])c(O)c2c(-c3ccccc3)c3c(O)c([B])c([B])c([B])c3c(-c3ccc4oc(-c5ccc6c(c5)-c5ccccc5C6(c5ccccc5)c5ccccc5)cc4c3)c2c1[B]. The molecule has 0 bridgehead atoms. The second-order valence-corrected chi connectivity index (χ2v) is 15.9. The standard InChI is InChI=1S/C53H28B6O3/c54-45-41-40(42-44(52(61)50(59)48(57)46(42)55)39(27-12-4-1-5-13-27)43(41)51(60)49(58)47(45)56)29-21-23-37-30(24-29)26-38(62-37)28-20-22-36-34(25-28)33-18-10-11-19-35(33)53(36,31-14-6-2-7-15-31)32-16-8-3-9-17-32/h1-26,60-61H. The zero-order valence-corrected chi connectivity index (χ0v) is 33.3. The zero-order chi connectivity index (χ0) is 42.6. The quantitative estimate of drug-likeness (QED) is 0.160. The van der Waals surface area contributed by atoms with Crippen LogP contribution in [0.2, 0.25) is 0 Å². The van der Waals surface area contributed by atoms with E-state index in [4.69, 9.17) is 51.5 Å². The molecule has 0 aliphatic heterocycles. The van der Waals surface area contributed by atoms with E-state index in [0.717, 1.165) is 22.1 Å². The number of phenolic OH excluding ortho intramolecular Hbond substituents is 2. The molecule has 10 aromatic rings. The van der Waals surface area contributed by atoms with Gasteiger partial charge in [0.05, 0.1) is 5.41 Å². The van der Waals surface area contributed by atoms with E-state index in [1.54, 1.807) is 0 Å². The highest BCUT2D eigenvalue weighted by atomic mass is 16.3. The molecular weight excluding hydrogens is 749 g/mol. The minimum absolute atomic E-state index is 0.00854. The molecule has 1 aliphatic rings. The average Bonchev–Trinajstić information content (AvgIpc) is 3.88. The molecule has 0 amide bonds. The van der Waals surface area contributed by atoms with Crippen LogP contribution >= 0.6 is 0 Å². The first kappa shape index (κ1) is 38.0. The van der Waals surface area contributed by atoms with Crippen molar-refractivity contribution in [3.8, 4) is 56.2 Å². The van der Waals surface area contributed by atoms with E-state index in [-0.39, 0.29) is 55.0 Å². The van der Waals surface area contributed by atoms with Crippen LogP contribution in [0.3, 0.4) is 0 Å². The number of rotatable bonds is 5. The Morgan fingerprint density at radius 3 is 1.48 bits per heavy atom. The number of fused-ring (bicyclic) bond motifs is 6. The predicted octanol–water partition coefficient (Wildman–Crippen LogP) is 6.28. The fourth-order valence-corrected chi connectivity index (χ4v) is 9.97. The first-order valence-corrected chi connectivity index (χ1v) is 20.2. The Balaban J connectivity index is 1.15. The summed E-state index contributed by atoms with van der Waals surface area (Å²) in [6.07, 6.45) is 0. The summed E-state index contributed by atoms with van der Waals surface area (Å²) in [6, 6.07) is 53.5. The molecule has 1 heterocycles. The van der Waals surface area contributed by atoms with Gasteiger partial charge in [0.2, 0.25) is 0 Å². The predicted molar refractivity (Wildman–Crippen MR) is 260 cm³/mol. The molecule has 0 atom stereocenters. The van der Waals surface area contributed by atoms with Crippen LogP contribution in [0.5, 0.6) is 11.5 Å². The van der Waals surface area contributed by atoms with Crippen molar-refractivity contribution in [3.05, 3.63) is 180 Å². The van der Waals surface area contributed by atoms with Crippen LogP contribution in [-0.2, 0) is 5.41 Å². The molecule has 0 unspecified atom stereocenters. The third-order valence-electron chi connectivity index (χ3n) is 12.8. The summed E-state index contributed by atoms with van der Waals surface area (Å²) in [6.45, 7) is 0. The van der Waals surface area contributed by atoms with E-state index in [1.165, 1.54) is 22.3 Å². The highest BCUT2D eigenvalue weighted by Gasteiger charge is 2.46. The lowest BCUT2D eigenvalue weighted by atomic mass is 9.64. The lowest BCUT2D eigenvalue weighted by Crippen LogP contribution is -2.41. The Morgan fingerprint density at radius 1 is 0.387 bits per heavy atom. The molecule has 1 aliphatic carbocycles. The monoisotopic (exact) mass is 778 g/mol. The molecule has 0 saturated carbocycles. The van der Waals surface area contributed by atoms with Crippen LogP contribution in [0, 0.1) is 0 Å². The molecule has 276 valence electrons. The summed E-state index contributed by atoms with van der Waals surface area (Å²) in [7, 11) is 39.6. The number of hydrogen-bond acceptors (Lipinski definition) is 3. The van der Waals surface area contributed by atoms with Crippen LogP contribution in [0.1, 0.15) is 22.3 Å². The largest absolute Gasteiger partial charge is 0.508 e. The Labute approximate surface area is 366 Å². The lowest BCUT2D eigenvalue weighted by molar-refractivity contribution is 0.485. The van der Waals surface area contributed by atoms with Gasteiger partial charge in [0, 0.05) is 27.3 Å². The second-order valence-electron chi connectivity index (χ2n) is 15.9. The highest BCUT2D eigenvalue weighted by Crippen LogP contribution is 2.57. The van der Waals surface area contributed by atoms with E-state index in [2.05, 4.69) is 103 Å². The van der Waals surface area contributed by atoms with Gasteiger partial charge in [-0.3, -0.25) is 0 Å². The summed E-state index contributed by atoms with van der Waals surface area (Å²) >= 11 is 0. The summed E-state index contributed by atoms with van der Waals surface area (Å²) in [5.74, 6) is 0.0813. The van der Waals surface area contributed by atoms with E-state index in [0.29, 0.717) is 44.4 Å². The fraction of sp³-hybridized carbons (Fsp3) is 0.0189. The summed E-state index contributed by atoms with van der Waals surface area (Å²) < 4.78 is 6.62. The third-order valence-corrected chi connectivity index (χ3v) is 12.8. The van der Waals surface area contributed by atoms with Crippen molar-refractivity contribution in [2.75, 3.05) is 0 Å². The molecule has 11 rings (SSSR count). The number of benzene rings is 9. The zero-order valence-electron chi connectivity index (χ0n) is 33.3. The van der Waals surface area contributed by atoms with Gasteiger partial charge in [-0.1, -0.05) is 155 Å². The van der Waals surface area contributed by atoms with Gasteiger partial charge in [-0.2, -0.15) is 0 Å². The Hall–Kier alpha value is -6.97. The summed E-state index contributed by atoms with van der Waals surface area (Å²) in [5.41, 5.74) is 10.4. The third kappa shape index (κ3) is 5.21. The normalized spacial score (nSPS) is 12.8. The Bertz CT molecular complexity index is 3370. The van der Waals surface area contributed by atoms with Gasteiger partial charge >= 0.3 is 0 Å². The van der Waals surface area contributed by atoms with Crippen molar-refractivity contribution in [2.24, 2.45) is 0 Å². The van der Waals surface area contributed by atoms with Crippen LogP contribution in [0.25, 0.3) is 77.2 Å². The summed E-state index contributed by atoms with van der Waals surface area (Å²) in [5, 5.41) is 25.8. The fourth-order valence-electron chi connectivity index (χ4n) is 9.97. The van der Waals surface area contributed by atoms with Crippen LogP contribution in [0.15, 0.2) is 162 Å². The van der Waals surface area contributed by atoms with Gasteiger partial charge in [0.1, 0.15) is 69.9 Å². The first-order valence-electron chi connectivity index (χ1n) is 20.2. The number of hydrogen-bond donors (Lipinski definition) is 2. The van der Waals surface area contributed by atoms with Crippen molar-refractivity contribution in [3.63, 3.8) is 0 Å². The van der Waals surface area contributed by atoms with E-state index in [9.17, 15) is 10.2 Å². The van der Waals surface area contributed by atoms with Gasteiger partial charge in [-0.15, -0.1) is 10.9 Å². The molecule has 1 aromatic heterocycles. The number of furan rings is 1. The van der Waals surface area contributed by atoms with Crippen molar-refractivity contribution in [1.82, 2.24) is 0 Å². The maximum absolute atomic E-state index is 11.9. The topological polar surface area (TPSA) is 53.6 Å². The van der Waals surface area contributed by atoms with Gasteiger partial charge in [0.15, 0.2) is 0 Å². The van der Waals surface area contributed by atoms with Crippen LogP contribution in [0.4, 0.5) is 0 Å². The number of aromatic hydroxyl groups is 2. The van der Waals surface area contributed by atoms with E-state index < -0.39 is 5.41 Å². The van der Waals surface area contributed by atoms with Crippen molar-refractivity contribution >= 4 is 112 Å². The molecule has 0 spiro atoms. The van der Waals surface area contributed by atoms with Gasteiger partial charge in [-0.25, -0.2) is 0 Å². The van der Waals surface area contributed by atoms with Crippen molar-refractivity contribution < 1.29 is 14.6 Å². The van der Waals surface area contributed by atoms with Crippen LogP contribution < -0.4 is 32.8 Å². The maximum atomic E-state index is 11.9. The van der Waals surface area contributed by atoms with Crippen molar-refractivity contribution in [2.45, 2.75) is 5.41 Å². The van der Waals surface area contributed by atoms with Gasteiger partial charge in [-0.05, 0) is 85.1 Å². The molecule has 3 nitrogen and oxygen atoms in total. The summed E-state index contributed by atoms with van der Waals surface area (Å²) in [4.78, 5) is 0.